The molecule has 0 saturated carbocycles. The Kier molecular flexibility index (Phi) is 4.89. The van der Waals surface area contributed by atoms with Crippen molar-refractivity contribution in [1.29, 1.82) is 0 Å². The molecule has 2 aromatic carbocycles. The van der Waals surface area contributed by atoms with E-state index in [4.69, 9.17) is 9.15 Å². The number of allylic oxidation sites excluding steroid dienone is 2. The second kappa shape index (κ2) is 7.51. The summed E-state index contributed by atoms with van der Waals surface area (Å²) in [5.74, 6) is 0.437. The summed E-state index contributed by atoms with van der Waals surface area (Å²) in [5.41, 5.74) is 4.67. The van der Waals surface area contributed by atoms with Gasteiger partial charge >= 0.3 is 0 Å². The van der Waals surface area contributed by atoms with Gasteiger partial charge in [0.15, 0.2) is 5.58 Å². The third-order valence-electron chi connectivity index (χ3n) is 4.07. The highest BCUT2D eigenvalue weighted by Gasteiger charge is 2.17. The van der Waals surface area contributed by atoms with Crippen molar-refractivity contribution in [1.82, 2.24) is 4.98 Å². The van der Waals surface area contributed by atoms with E-state index >= 15 is 0 Å². The first-order valence-corrected chi connectivity index (χ1v) is 10.6. The van der Waals surface area contributed by atoms with Crippen LogP contribution in [0.25, 0.3) is 16.7 Å². The standard InChI is InChI=1S/C20H18N4O4S/c1-13-6-7-17-19(10-13)28-20(21-17)16-8-9-27-12-18(16)23-22-14-4-3-5-15(11-14)24-29(2,25)26/h3-11,24H,12H2,1-2H3. The van der Waals surface area contributed by atoms with Crippen molar-refractivity contribution in [3.8, 4) is 0 Å². The quantitative estimate of drug-likeness (QED) is 0.621. The number of sulfonamides is 1. The van der Waals surface area contributed by atoms with Gasteiger partial charge in [0.25, 0.3) is 0 Å². The van der Waals surface area contributed by atoms with E-state index in [1.165, 1.54) is 0 Å². The lowest BCUT2D eigenvalue weighted by molar-refractivity contribution is 0.274. The lowest BCUT2D eigenvalue weighted by Crippen LogP contribution is -2.09. The predicted octanol–water partition coefficient (Wildman–Crippen LogP) is 4.55. The van der Waals surface area contributed by atoms with Crippen molar-refractivity contribution in [3.05, 3.63) is 72.0 Å². The van der Waals surface area contributed by atoms with E-state index in [0.717, 1.165) is 17.3 Å². The molecule has 0 amide bonds. The van der Waals surface area contributed by atoms with E-state index in [-0.39, 0.29) is 6.61 Å². The average Bonchev–Trinajstić information content (AvgIpc) is 3.08. The maximum Gasteiger partial charge on any atom is 0.229 e. The van der Waals surface area contributed by atoms with Crippen LogP contribution in [0.5, 0.6) is 0 Å². The Morgan fingerprint density at radius 2 is 2.00 bits per heavy atom. The molecule has 0 unspecified atom stereocenters. The van der Waals surface area contributed by atoms with Crippen LogP contribution in [0, 0.1) is 6.92 Å². The zero-order chi connectivity index (χ0) is 20.4. The van der Waals surface area contributed by atoms with E-state index < -0.39 is 10.0 Å². The maximum absolute atomic E-state index is 11.4. The molecule has 4 rings (SSSR count). The summed E-state index contributed by atoms with van der Waals surface area (Å²) in [6.45, 7) is 2.20. The molecular formula is C20H18N4O4S. The minimum absolute atomic E-state index is 0.217. The fourth-order valence-corrected chi connectivity index (χ4v) is 3.36. The summed E-state index contributed by atoms with van der Waals surface area (Å²) in [4.78, 5) is 4.53. The minimum Gasteiger partial charge on any atom is -0.495 e. The molecule has 29 heavy (non-hydrogen) atoms. The Morgan fingerprint density at radius 3 is 2.83 bits per heavy atom. The van der Waals surface area contributed by atoms with Gasteiger partial charge < -0.3 is 9.15 Å². The summed E-state index contributed by atoms with van der Waals surface area (Å²) in [5, 5.41) is 8.50. The molecule has 0 fully saturated rings. The van der Waals surface area contributed by atoms with Crippen LogP contribution in [-0.2, 0) is 14.8 Å². The first-order valence-electron chi connectivity index (χ1n) is 8.76. The van der Waals surface area contributed by atoms with Gasteiger partial charge in [0.2, 0.25) is 15.9 Å². The Hall–Kier alpha value is -3.46. The number of anilines is 1. The van der Waals surface area contributed by atoms with E-state index in [2.05, 4.69) is 19.9 Å². The molecule has 0 saturated heterocycles. The fraction of sp³-hybridized carbons (Fsp3) is 0.150. The van der Waals surface area contributed by atoms with Crippen molar-refractivity contribution >= 4 is 38.1 Å². The summed E-state index contributed by atoms with van der Waals surface area (Å²) < 4.78 is 36.4. The number of aryl methyl sites for hydroxylation is 1. The molecule has 1 aromatic heterocycles. The van der Waals surface area contributed by atoms with Gasteiger partial charge in [-0.15, -0.1) is 0 Å². The van der Waals surface area contributed by atoms with E-state index in [1.54, 1.807) is 36.6 Å². The van der Waals surface area contributed by atoms with Crippen LogP contribution in [0.1, 0.15) is 11.5 Å². The molecule has 1 aliphatic heterocycles. The molecule has 3 aromatic rings. The van der Waals surface area contributed by atoms with Crippen LogP contribution < -0.4 is 4.72 Å². The number of fused-ring (bicyclic) bond motifs is 1. The molecule has 148 valence electrons. The minimum atomic E-state index is -3.37. The van der Waals surface area contributed by atoms with Gasteiger partial charge in [-0.25, -0.2) is 13.4 Å². The topological polar surface area (TPSA) is 106 Å². The van der Waals surface area contributed by atoms with Crippen LogP contribution in [0.3, 0.4) is 0 Å². The number of oxazole rings is 1. The molecule has 8 nitrogen and oxygen atoms in total. The first kappa shape index (κ1) is 18.9. The van der Waals surface area contributed by atoms with Crippen LogP contribution >= 0.6 is 0 Å². The summed E-state index contributed by atoms with van der Waals surface area (Å²) >= 11 is 0. The molecule has 0 bridgehead atoms. The fourth-order valence-electron chi connectivity index (χ4n) is 2.81. The van der Waals surface area contributed by atoms with Crippen molar-refractivity contribution in [2.75, 3.05) is 17.6 Å². The van der Waals surface area contributed by atoms with Crippen molar-refractivity contribution in [2.45, 2.75) is 6.92 Å². The largest absolute Gasteiger partial charge is 0.495 e. The number of rotatable bonds is 5. The van der Waals surface area contributed by atoms with Gasteiger partial charge in [-0.1, -0.05) is 12.1 Å². The van der Waals surface area contributed by atoms with E-state index in [1.807, 2.05) is 25.1 Å². The Bertz CT molecular complexity index is 1270. The molecule has 1 N–H and O–H groups in total. The monoisotopic (exact) mass is 410 g/mol. The second-order valence-corrected chi connectivity index (χ2v) is 8.34. The zero-order valence-electron chi connectivity index (χ0n) is 15.8. The number of hydrogen-bond donors (Lipinski definition) is 1. The highest BCUT2D eigenvalue weighted by atomic mass is 32.2. The zero-order valence-corrected chi connectivity index (χ0v) is 16.6. The highest BCUT2D eigenvalue weighted by molar-refractivity contribution is 7.92. The number of hydrogen-bond acceptors (Lipinski definition) is 7. The Morgan fingerprint density at radius 1 is 1.14 bits per heavy atom. The van der Waals surface area contributed by atoms with Crippen molar-refractivity contribution < 1.29 is 17.6 Å². The number of nitrogens with one attached hydrogen (secondary N) is 1. The Balaban J connectivity index is 1.67. The van der Waals surface area contributed by atoms with E-state index in [9.17, 15) is 8.42 Å². The molecular weight excluding hydrogens is 392 g/mol. The number of aromatic nitrogens is 1. The lowest BCUT2D eigenvalue weighted by atomic mass is 10.2. The van der Waals surface area contributed by atoms with Crippen molar-refractivity contribution in [2.24, 2.45) is 10.2 Å². The normalized spacial score (nSPS) is 14.6. The van der Waals surface area contributed by atoms with Crippen molar-refractivity contribution in [3.63, 3.8) is 0 Å². The van der Waals surface area contributed by atoms with Gasteiger partial charge in [0.05, 0.1) is 29.5 Å². The summed E-state index contributed by atoms with van der Waals surface area (Å²) in [6, 6.07) is 12.4. The molecule has 0 atom stereocenters. The molecule has 9 heteroatoms. The predicted molar refractivity (Wildman–Crippen MR) is 110 cm³/mol. The number of benzene rings is 2. The van der Waals surface area contributed by atoms with Crippen LogP contribution in [0.15, 0.2) is 75.1 Å². The molecule has 1 aliphatic rings. The molecule has 0 radical (unpaired) electrons. The summed E-state index contributed by atoms with van der Waals surface area (Å²) in [7, 11) is -3.37. The van der Waals surface area contributed by atoms with Crippen LogP contribution in [0.4, 0.5) is 11.4 Å². The van der Waals surface area contributed by atoms with Gasteiger partial charge in [0, 0.05) is 0 Å². The Labute approximate surface area is 167 Å². The third-order valence-corrected chi connectivity index (χ3v) is 4.68. The molecule has 0 spiro atoms. The average molecular weight is 410 g/mol. The smallest absolute Gasteiger partial charge is 0.229 e. The van der Waals surface area contributed by atoms with Gasteiger partial charge in [-0.05, 0) is 48.9 Å². The van der Waals surface area contributed by atoms with Crippen LogP contribution in [0.2, 0.25) is 0 Å². The SMILES string of the molecule is Cc1ccc2nc(C3=C(N=Nc4cccc(NS(C)(=O)=O)c4)COC=C3)oc2c1. The van der Waals surface area contributed by atoms with Crippen LogP contribution in [-0.4, -0.2) is 26.3 Å². The third kappa shape index (κ3) is 4.52. The van der Waals surface area contributed by atoms with Gasteiger partial charge in [0.1, 0.15) is 17.8 Å². The molecule has 2 heterocycles. The first-order chi connectivity index (χ1) is 13.9. The van der Waals surface area contributed by atoms with Gasteiger partial charge in [-0.3, -0.25) is 4.72 Å². The number of azo groups is 1. The van der Waals surface area contributed by atoms with Gasteiger partial charge in [-0.2, -0.15) is 10.2 Å². The molecule has 0 aliphatic carbocycles. The lowest BCUT2D eigenvalue weighted by Gasteiger charge is -2.10. The van der Waals surface area contributed by atoms with E-state index in [0.29, 0.717) is 34.1 Å². The maximum atomic E-state index is 11.4. The highest BCUT2D eigenvalue weighted by Crippen LogP contribution is 2.29. The number of ether oxygens (including phenoxy) is 1. The number of nitrogens with zero attached hydrogens (tertiary/aromatic N) is 3. The summed E-state index contributed by atoms with van der Waals surface area (Å²) in [6.07, 6.45) is 4.38. The second-order valence-electron chi connectivity index (χ2n) is 6.59.